The van der Waals surface area contributed by atoms with E-state index >= 15 is 0 Å². The SMILES string of the molecule is Cc1ccccc1SC(C)C(=O)Nc1ccccc1C(F)(F)F. The summed E-state index contributed by atoms with van der Waals surface area (Å²) in [6.07, 6.45) is -4.50. The molecule has 0 radical (unpaired) electrons. The van der Waals surface area contributed by atoms with Crippen LogP contribution in [0.15, 0.2) is 53.4 Å². The van der Waals surface area contributed by atoms with E-state index in [1.54, 1.807) is 6.92 Å². The van der Waals surface area contributed by atoms with Crippen molar-refractivity contribution in [2.45, 2.75) is 30.2 Å². The molecule has 2 aromatic rings. The maximum atomic E-state index is 12.9. The number of thioether (sulfide) groups is 1. The molecule has 122 valence electrons. The number of anilines is 1. The molecule has 0 bridgehead atoms. The number of carbonyl (C=O) groups is 1. The molecule has 0 aliphatic heterocycles. The van der Waals surface area contributed by atoms with Gasteiger partial charge in [0.25, 0.3) is 0 Å². The maximum Gasteiger partial charge on any atom is 0.418 e. The van der Waals surface area contributed by atoms with Gasteiger partial charge in [-0.3, -0.25) is 4.79 Å². The Morgan fingerprint density at radius 2 is 1.70 bits per heavy atom. The van der Waals surface area contributed by atoms with Gasteiger partial charge in [-0.25, -0.2) is 0 Å². The van der Waals surface area contributed by atoms with E-state index in [0.29, 0.717) is 0 Å². The molecule has 2 nitrogen and oxygen atoms in total. The number of amides is 1. The van der Waals surface area contributed by atoms with E-state index < -0.39 is 22.9 Å². The molecule has 1 amide bonds. The summed E-state index contributed by atoms with van der Waals surface area (Å²) in [5.74, 6) is -0.463. The zero-order valence-electron chi connectivity index (χ0n) is 12.6. The maximum absolute atomic E-state index is 12.9. The molecule has 0 aliphatic carbocycles. The molecular weight excluding hydrogens is 323 g/mol. The predicted molar refractivity (Wildman–Crippen MR) is 86.6 cm³/mol. The average Bonchev–Trinajstić information content (AvgIpc) is 2.49. The fourth-order valence-corrected chi connectivity index (χ4v) is 2.96. The summed E-state index contributed by atoms with van der Waals surface area (Å²) < 4.78 is 38.8. The number of halogens is 3. The minimum Gasteiger partial charge on any atom is -0.325 e. The third-order valence-corrected chi connectivity index (χ3v) is 4.54. The van der Waals surface area contributed by atoms with Gasteiger partial charge in [0.1, 0.15) is 0 Å². The third kappa shape index (κ3) is 4.51. The molecule has 1 unspecified atom stereocenters. The molecule has 0 fully saturated rings. The Morgan fingerprint density at radius 3 is 2.35 bits per heavy atom. The average molecular weight is 339 g/mol. The Balaban J connectivity index is 2.12. The number of aryl methyl sites for hydroxylation is 1. The smallest absolute Gasteiger partial charge is 0.325 e. The van der Waals surface area contributed by atoms with Gasteiger partial charge >= 0.3 is 6.18 Å². The second kappa shape index (κ2) is 7.08. The predicted octanol–water partition coefficient (Wildman–Crippen LogP) is 5.13. The molecule has 0 saturated carbocycles. The van der Waals surface area contributed by atoms with Crippen molar-refractivity contribution < 1.29 is 18.0 Å². The molecule has 23 heavy (non-hydrogen) atoms. The van der Waals surface area contributed by atoms with Crippen molar-refractivity contribution in [2.24, 2.45) is 0 Å². The van der Waals surface area contributed by atoms with Crippen LogP contribution < -0.4 is 5.32 Å². The van der Waals surface area contributed by atoms with E-state index in [-0.39, 0.29) is 5.69 Å². The fourth-order valence-electron chi connectivity index (χ4n) is 2.01. The van der Waals surface area contributed by atoms with Gasteiger partial charge in [-0.2, -0.15) is 13.2 Å². The number of benzene rings is 2. The van der Waals surface area contributed by atoms with E-state index in [2.05, 4.69) is 5.32 Å². The number of alkyl halides is 3. The number of hydrogen-bond acceptors (Lipinski definition) is 2. The highest BCUT2D eigenvalue weighted by Crippen LogP contribution is 2.35. The van der Waals surface area contributed by atoms with Crippen molar-refractivity contribution in [3.63, 3.8) is 0 Å². The molecule has 0 heterocycles. The van der Waals surface area contributed by atoms with Gasteiger partial charge < -0.3 is 5.32 Å². The zero-order chi connectivity index (χ0) is 17.0. The van der Waals surface area contributed by atoms with E-state index in [9.17, 15) is 18.0 Å². The van der Waals surface area contributed by atoms with Crippen molar-refractivity contribution in [3.8, 4) is 0 Å². The van der Waals surface area contributed by atoms with Crippen LogP contribution in [0.25, 0.3) is 0 Å². The number of carbonyl (C=O) groups excluding carboxylic acids is 1. The van der Waals surface area contributed by atoms with Crippen LogP contribution in [0.2, 0.25) is 0 Å². The second-order valence-corrected chi connectivity index (χ2v) is 6.44. The Hall–Kier alpha value is -1.95. The minimum absolute atomic E-state index is 0.220. The molecule has 1 N–H and O–H groups in total. The van der Waals surface area contributed by atoms with Gasteiger partial charge in [-0.05, 0) is 37.6 Å². The van der Waals surface area contributed by atoms with Crippen molar-refractivity contribution in [2.75, 3.05) is 5.32 Å². The van der Waals surface area contributed by atoms with Crippen LogP contribution in [-0.2, 0) is 11.0 Å². The van der Waals surface area contributed by atoms with Crippen LogP contribution in [-0.4, -0.2) is 11.2 Å². The molecule has 2 rings (SSSR count). The van der Waals surface area contributed by atoms with Gasteiger partial charge in [0.2, 0.25) is 5.91 Å². The Morgan fingerprint density at radius 1 is 1.09 bits per heavy atom. The lowest BCUT2D eigenvalue weighted by molar-refractivity contribution is -0.137. The molecule has 1 atom stereocenters. The molecule has 0 aliphatic rings. The van der Waals surface area contributed by atoms with Gasteiger partial charge in [-0.15, -0.1) is 11.8 Å². The lowest BCUT2D eigenvalue weighted by atomic mass is 10.1. The lowest BCUT2D eigenvalue weighted by Crippen LogP contribution is -2.24. The van der Waals surface area contributed by atoms with Crippen LogP contribution in [0.3, 0.4) is 0 Å². The summed E-state index contributed by atoms with van der Waals surface area (Å²) in [6.45, 7) is 3.59. The van der Waals surface area contributed by atoms with Crippen LogP contribution >= 0.6 is 11.8 Å². The Kier molecular flexibility index (Phi) is 5.36. The standard InChI is InChI=1S/C17H16F3NOS/c1-11-7-3-6-10-15(11)23-12(2)16(22)21-14-9-5-4-8-13(14)17(18,19)20/h3-10,12H,1-2H3,(H,21,22). The first-order chi connectivity index (χ1) is 10.8. The second-order valence-electron chi connectivity index (χ2n) is 5.06. The van der Waals surface area contributed by atoms with Crippen LogP contribution in [0, 0.1) is 6.92 Å². The van der Waals surface area contributed by atoms with E-state index in [1.807, 2.05) is 31.2 Å². The first-order valence-corrected chi connectivity index (χ1v) is 7.86. The van der Waals surface area contributed by atoms with Gasteiger partial charge in [0.15, 0.2) is 0 Å². The van der Waals surface area contributed by atoms with Crippen LogP contribution in [0.5, 0.6) is 0 Å². The first-order valence-electron chi connectivity index (χ1n) is 6.98. The van der Waals surface area contributed by atoms with E-state index in [4.69, 9.17) is 0 Å². The Bertz CT molecular complexity index is 700. The zero-order valence-corrected chi connectivity index (χ0v) is 13.5. The van der Waals surface area contributed by atoms with Crippen molar-refractivity contribution >= 4 is 23.4 Å². The molecule has 6 heteroatoms. The quantitative estimate of drug-likeness (QED) is 0.782. The normalized spacial score (nSPS) is 12.7. The van der Waals surface area contributed by atoms with Crippen molar-refractivity contribution in [1.82, 2.24) is 0 Å². The monoisotopic (exact) mass is 339 g/mol. The van der Waals surface area contributed by atoms with Gasteiger partial charge in [0.05, 0.1) is 16.5 Å². The highest BCUT2D eigenvalue weighted by Gasteiger charge is 2.33. The third-order valence-electron chi connectivity index (χ3n) is 3.26. The number of rotatable bonds is 4. The van der Waals surface area contributed by atoms with Gasteiger partial charge in [-0.1, -0.05) is 30.3 Å². The molecule has 0 aromatic heterocycles. The molecule has 2 aromatic carbocycles. The summed E-state index contributed by atoms with van der Waals surface area (Å²) in [5.41, 5.74) is -0.0449. The fraction of sp³-hybridized carbons (Fsp3) is 0.235. The molecular formula is C17H16F3NOS. The van der Waals surface area contributed by atoms with Crippen molar-refractivity contribution in [1.29, 1.82) is 0 Å². The largest absolute Gasteiger partial charge is 0.418 e. The topological polar surface area (TPSA) is 29.1 Å². The highest BCUT2D eigenvalue weighted by atomic mass is 32.2. The van der Waals surface area contributed by atoms with Crippen LogP contribution in [0.1, 0.15) is 18.1 Å². The summed E-state index contributed by atoms with van der Waals surface area (Å²) in [5, 5.41) is 1.86. The summed E-state index contributed by atoms with van der Waals surface area (Å²) in [7, 11) is 0. The van der Waals surface area contributed by atoms with Gasteiger partial charge in [0, 0.05) is 4.90 Å². The summed E-state index contributed by atoms with van der Waals surface area (Å²) >= 11 is 1.32. The van der Waals surface area contributed by atoms with Crippen LogP contribution in [0.4, 0.5) is 18.9 Å². The number of hydrogen-bond donors (Lipinski definition) is 1. The van der Waals surface area contributed by atoms with E-state index in [0.717, 1.165) is 16.5 Å². The molecule has 0 spiro atoms. The summed E-state index contributed by atoms with van der Waals surface area (Å²) in [6, 6.07) is 12.5. The van der Waals surface area contributed by atoms with Crippen molar-refractivity contribution in [3.05, 3.63) is 59.7 Å². The Labute approximate surface area is 137 Å². The minimum atomic E-state index is -4.50. The number of nitrogens with one attached hydrogen (secondary N) is 1. The molecule has 0 saturated heterocycles. The first kappa shape index (κ1) is 17.4. The summed E-state index contributed by atoms with van der Waals surface area (Å²) in [4.78, 5) is 13.1. The number of para-hydroxylation sites is 1. The van der Waals surface area contributed by atoms with E-state index in [1.165, 1.54) is 30.0 Å². The lowest BCUT2D eigenvalue weighted by Gasteiger charge is -2.16. The highest BCUT2D eigenvalue weighted by molar-refractivity contribution is 8.00.